The summed E-state index contributed by atoms with van der Waals surface area (Å²) in [6.45, 7) is 7.48. The molecule has 1 aliphatic heterocycles. The summed E-state index contributed by atoms with van der Waals surface area (Å²) in [6.07, 6.45) is 2.56. The van der Waals surface area contributed by atoms with Gasteiger partial charge in [-0.15, -0.1) is 0 Å². The largest absolute Gasteiger partial charge is 0.356 e. The van der Waals surface area contributed by atoms with E-state index in [-0.39, 0.29) is 5.75 Å². The van der Waals surface area contributed by atoms with Crippen LogP contribution in [0, 0.1) is 5.92 Å². The van der Waals surface area contributed by atoms with E-state index in [0.717, 1.165) is 31.0 Å². The number of hydrogen-bond acceptors (Lipinski definition) is 5. The summed E-state index contributed by atoms with van der Waals surface area (Å²) in [5.74, 6) is 2.03. The first-order valence-corrected chi connectivity index (χ1v) is 9.39. The molecule has 1 fully saturated rings. The minimum absolute atomic E-state index is 0.229. The number of nitrogens with zero attached hydrogens (tertiary/aromatic N) is 2. The highest BCUT2D eigenvalue weighted by molar-refractivity contribution is 7.91. The van der Waals surface area contributed by atoms with Crippen LogP contribution in [0.2, 0.25) is 0 Å². The molecule has 118 valence electrons. The zero-order valence-corrected chi connectivity index (χ0v) is 13.7. The third-order valence-electron chi connectivity index (χ3n) is 3.57. The number of aromatic nitrogens is 1. The molecule has 21 heavy (non-hydrogen) atoms. The van der Waals surface area contributed by atoms with Crippen molar-refractivity contribution in [3.63, 3.8) is 0 Å². The van der Waals surface area contributed by atoms with Gasteiger partial charge in [0.05, 0.1) is 11.5 Å². The second kappa shape index (κ2) is 7.22. The lowest BCUT2D eigenvalue weighted by molar-refractivity contribution is 0.552. The molecule has 2 rings (SSSR count). The highest BCUT2D eigenvalue weighted by Gasteiger charge is 2.19. The second-order valence-electron chi connectivity index (χ2n) is 6.04. The van der Waals surface area contributed by atoms with Gasteiger partial charge in [0.25, 0.3) is 0 Å². The molecule has 0 aliphatic carbocycles. The van der Waals surface area contributed by atoms with Crippen molar-refractivity contribution < 1.29 is 8.42 Å². The molecule has 1 aromatic rings. The van der Waals surface area contributed by atoms with Crippen molar-refractivity contribution >= 4 is 15.7 Å². The first kappa shape index (κ1) is 16.2. The maximum Gasteiger partial charge on any atom is 0.152 e. The summed E-state index contributed by atoms with van der Waals surface area (Å²) < 4.78 is 23.2. The summed E-state index contributed by atoms with van der Waals surface area (Å²) in [6, 6.07) is 4.05. The Kier molecular flexibility index (Phi) is 5.58. The molecule has 1 aliphatic rings. The van der Waals surface area contributed by atoms with Crippen LogP contribution < -0.4 is 10.2 Å². The molecule has 6 heteroatoms. The van der Waals surface area contributed by atoms with Crippen LogP contribution in [0.1, 0.15) is 25.8 Å². The minimum atomic E-state index is -2.87. The fourth-order valence-corrected chi connectivity index (χ4v) is 3.65. The fourth-order valence-electron chi connectivity index (χ4n) is 2.38. The smallest absolute Gasteiger partial charge is 0.152 e. The predicted octanol–water partition coefficient (Wildman–Crippen LogP) is 1.45. The Balaban J connectivity index is 1.92. The first-order chi connectivity index (χ1) is 9.96. The van der Waals surface area contributed by atoms with Gasteiger partial charge in [0.2, 0.25) is 0 Å². The van der Waals surface area contributed by atoms with Crippen molar-refractivity contribution in [1.29, 1.82) is 0 Å². The van der Waals surface area contributed by atoms with Gasteiger partial charge in [-0.2, -0.15) is 0 Å². The minimum Gasteiger partial charge on any atom is -0.356 e. The van der Waals surface area contributed by atoms with E-state index in [2.05, 4.69) is 35.1 Å². The molecule has 1 saturated heterocycles. The molecule has 0 bridgehead atoms. The average molecular weight is 311 g/mol. The quantitative estimate of drug-likeness (QED) is 0.892. The molecule has 0 atom stereocenters. The van der Waals surface area contributed by atoms with Gasteiger partial charge in [0, 0.05) is 25.8 Å². The van der Waals surface area contributed by atoms with Crippen molar-refractivity contribution in [1.82, 2.24) is 10.3 Å². The van der Waals surface area contributed by atoms with E-state index in [1.54, 1.807) is 0 Å². The molecule has 0 saturated carbocycles. The maximum absolute atomic E-state index is 11.6. The Hall–Kier alpha value is -1.14. The molecule has 2 heterocycles. The van der Waals surface area contributed by atoms with Gasteiger partial charge in [0.1, 0.15) is 5.82 Å². The summed E-state index contributed by atoms with van der Waals surface area (Å²) in [5.41, 5.74) is 1.15. The van der Waals surface area contributed by atoms with Gasteiger partial charge in [-0.05, 0) is 30.5 Å². The van der Waals surface area contributed by atoms with Crippen molar-refractivity contribution in [3.05, 3.63) is 23.9 Å². The highest BCUT2D eigenvalue weighted by Crippen LogP contribution is 2.15. The fraction of sp³-hybridized carbons (Fsp3) is 0.667. The monoisotopic (exact) mass is 311 g/mol. The number of pyridine rings is 1. The van der Waals surface area contributed by atoms with E-state index in [9.17, 15) is 8.42 Å². The Morgan fingerprint density at radius 1 is 1.29 bits per heavy atom. The summed E-state index contributed by atoms with van der Waals surface area (Å²) >= 11 is 0. The molecular formula is C15H25N3O2S. The second-order valence-corrected chi connectivity index (χ2v) is 8.35. The van der Waals surface area contributed by atoms with Gasteiger partial charge >= 0.3 is 0 Å². The SMILES string of the molecule is CC(C)CNCc1ccc(N2CCCS(=O)(=O)CC2)nc1. The molecule has 1 N–H and O–H groups in total. The third-order valence-corrected chi connectivity index (χ3v) is 5.29. The van der Waals surface area contributed by atoms with Gasteiger partial charge < -0.3 is 10.2 Å². The molecule has 0 unspecified atom stereocenters. The van der Waals surface area contributed by atoms with Crippen LogP contribution in [0.25, 0.3) is 0 Å². The lowest BCUT2D eigenvalue weighted by Gasteiger charge is -2.20. The lowest BCUT2D eigenvalue weighted by Crippen LogP contribution is -2.27. The Morgan fingerprint density at radius 2 is 2.10 bits per heavy atom. The van der Waals surface area contributed by atoms with Gasteiger partial charge in [-0.3, -0.25) is 0 Å². The number of hydrogen-bond donors (Lipinski definition) is 1. The predicted molar refractivity (Wildman–Crippen MR) is 86.3 cm³/mol. The van der Waals surface area contributed by atoms with E-state index < -0.39 is 9.84 Å². The van der Waals surface area contributed by atoms with E-state index in [4.69, 9.17) is 0 Å². The van der Waals surface area contributed by atoms with Gasteiger partial charge in [0.15, 0.2) is 9.84 Å². The first-order valence-electron chi connectivity index (χ1n) is 7.57. The highest BCUT2D eigenvalue weighted by atomic mass is 32.2. The van der Waals surface area contributed by atoms with Crippen molar-refractivity contribution in [2.45, 2.75) is 26.8 Å². The molecule has 0 radical (unpaired) electrons. The number of anilines is 1. The van der Waals surface area contributed by atoms with Crippen molar-refractivity contribution in [2.24, 2.45) is 5.92 Å². The lowest BCUT2D eigenvalue weighted by atomic mass is 10.2. The standard InChI is InChI=1S/C15H25N3O2S/c1-13(2)10-16-11-14-4-5-15(17-12-14)18-6-3-8-21(19,20)9-7-18/h4-5,12-13,16H,3,6-11H2,1-2H3. The Labute approximate surface area is 127 Å². The molecule has 0 aromatic carbocycles. The van der Waals surface area contributed by atoms with Gasteiger partial charge in [-0.25, -0.2) is 13.4 Å². The van der Waals surface area contributed by atoms with Crippen LogP contribution in [-0.2, 0) is 16.4 Å². The average Bonchev–Trinajstić information content (AvgIpc) is 2.60. The number of nitrogens with one attached hydrogen (secondary N) is 1. The molecule has 5 nitrogen and oxygen atoms in total. The van der Waals surface area contributed by atoms with Crippen LogP contribution in [0.15, 0.2) is 18.3 Å². The third kappa shape index (κ3) is 5.28. The van der Waals surface area contributed by atoms with Crippen LogP contribution in [0.3, 0.4) is 0 Å². The molecular weight excluding hydrogens is 286 g/mol. The van der Waals surface area contributed by atoms with E-state index >= 15 is 0 Å². The van der Waals surface area contributed by atoms with Crippen molar-refractivity contribution in [3.8, 4) is 0 Å². The molecule has 0 spiro atoms. The number of sulfone groups is 1. The summed E-state index contributed by atoms with van der Waals surface area (Å²) in [4.78, 5) is 6.55. The van der Waals surface area contributed by atoms with E-state index in [1.165, 1.54) is 0 Å². The van der Waals surface area contributed by atoms with E-state index in [1.807, 2.05) is 12.3 Å². The number of rotatable bonds is 5. The zero-order chi connectivity index (χ0) is 15.3. The van der Waals surface area contributed by atoms with Crippen LogP contribution in [0.5, 0.6) is 0 Å². The van der Waals surface area contributed by atoms with E-state index in [0.29, 0.717) is 24.6 Å². The zero-order valence-electron chi connectivity index (χ0n) is 12.9. The topological polar surface area (TPSA) is 62.3 Å². The normalized spacial score (nSPS) is 18.7. The Bertz CT molecular complexity index is 541. The molecule has 1 aromatic heterocycles. The van der Waals surface area contributed by atoms with Crippen LogP contribution >= 0.6 is 0 Å². The van der Waals surface area contributed by atoms with Crippen LogP contribution in [0.4, 0.5) is 5.82 Å². The van der Waals surface area contributed by atoms with Gasteiger partial charge in [-0.1, -0.05) is 19.9 Å². The Morgan fingerprint density at radius 3 is 2.76 bits per heavy atom. The van der Waals surface area contributed by atoms with Crippen molar-refractivity contribution in [2.75, 3.05) is 36.0 Å². The molecule has 0 amide bonds. The summed E-state index contributed by atoms with van der Waals surface area (Å²) in [5, 5.41) is 3.39. The van der Waals surface area contributed by atoms with Crippen LogP contribution in [-0.4, -0.2) is 44.5 Å². The maximum atomic E-state index is 11.6. The summed E-state index contributed by atoms with van der Waals surface area (Å²) in [7, 11) is -2.87.